The molecule has 1 nitrogen and oxygen atoms in total. The van der Waals surface area contributed by atoms with E-state index in [0.29, 0.717) is 0 Å². The van der Waals surface area contributed by atoms with Crippen molar-refractivity contribution in [2.45, 2.75) is 12.5 Å². The Morgan fingerprint density at radius 3 is 2.43 bits per heavy atom. The molecule has 0 bridgehead atoms. The molecule has 5 heteroatoms. The van der Waals surface area contributed by atoms with Crippen molar-refractivity contribution in [3.05, 3.63) is 22.8 Å². The van der Waals surface area contributed by atoms with E-state index in [1.807, 2.05) is 0 Å². The summed E-state index contributed by atoms with van der Waals surface area (Å²) in [6.07, 6.45) is 1.18. The van der Waals surface area contributed by atoms with Crippen molar-refractivity contribution in [2.75, 3.05) is 6.61 Å². The van der Waals surface area contributed by atoms with Gasteiger partial charge in [-0.3, -0.25) is 0 Å². The molecule has 14 heavy (non-hydrogen) atoms. The van der Waals surface area contributed by atoms with Crippen LogP contribution in [-0.2, 0) is 0 Å². The fourth-order valence-corrected chi connectivity index (χ4v) is 3.42. The van der Waals surface area contributed by atoms with Crippen molar-refractivity contribution in [1.29, 1.82) is 0 Å². The van der Waals surface area contributed by atoms with E-state index >= 15 is 0 Å². The third-order valence-corrected chi connectivity index (χ3v) is 6.30. The summed E-state index contributed by atoms with van der Waals surface area (Å²) in [7, 11) is 1.27. The van der Waals surface area contributed by atoms with Gasteiger partial charge in [0.15, 0.2) is 0 Å². The number of hydrogen-bond donors (Lipinski definition) is 0. The minimum absolute atomic E-state index is 0.857. The first-order valence-electron chi connectivity index (χ1n) is 4.43. The number of halogens is 3. The van der Waals surface area contributed by atoms with Crippen molar-refractivity contribution >= 4 is 78.0 Å². The van der Waals surface area contributed by atoms with Gasteiger partial charge >= 0.3 is 0 Å². The summed E-state index contributed by atoms with van der Waals surface area (Å²) >= 11 is 7.03. The molecule has 78 valence electrons. The second kappa shape index (κ2) is 6.89. The third kappa shape index (κ3) is 3.78. The average molecular weight is 544 g/mol. The molecule has 1 aromatic rings. The zero-order valence-electron chi connectivity index (χ0n) is 7.82. The summed E-state index contributed by atoms with van der Waals surface area (Å²) in [5, 5.41) is 0. The first-order chi connectivity index (χ1) is 6.66. The molecule has 1 aromatic carbocycles. The molecule has 0 saturated heterocycles. The summed E-state index contributed by atoms with van der Waals surface area (Å²) in [6.45, 7) is 0.857. The quantitative estimate of drug-likeness (QED) is 0.246. The van der Waals surface area contributed by atoms with E-state index in [9.17, 15) is 0 Å². The molecule has 1 rings (SSSR count). The second-order valence-electron chi connectivity index (χ2n) is 2.87. The lowest BCUT2D eigenvalue weighted by molar-refractivity contribution is 0.313. The van der Waals surface area contributed by atoms with E-state index in [1.165, 1.54) is 33.4 Å². The van der Waals surface area contributed by atoms with Gasteiger partial charge in [0.05, 0.1) is 13.7 Å². The standard InChI is InChI=1S/C9H11I3OSi/c10-6-2-3-7(11)9(8(6)12)13-4-1-5-14/h2-3H,1,4-5H2,14H3. The zero-order chi connectivity index (χ0) is 10.6. The highest BCUT2D eigenvalue weighted by Gasteiger charge is 2.08. The molecular formula is C9H11I3OSi. The van der Waals surface area contributed by atoms with Crippen LogP contribution in [-0.4, -0.2) is 16.8 Å². The molecule has 0 unspecified atom stereocenters. The van der Waals surface area contributed by atoms with Gasteiger partial charge in [-0.2, -0.15) is 0 Å². The Balaban J connectivity index is 2.79. The van der Waals surface area contributed by atoms with Gasteiger partial charge in [-0.05, 0) is 86.3 Å². The monoisotopic (exact) mass is 544 g/mol. The molecule has 0 aromatic heterocycles. The summed E-state index contributed by atoms with van der Waals surface area (Å²) < 4.78 is 9.51. The van der Waals surface area contributed by atoms with Crippen LogP contribution >= 0.6 is 67.8 Å². The van der Waals surface area contributed by atoms with Crippen LogP contribution in [0.2, 0.25) is 6.04 Å². The Bertz CT molecular complexity index is 317. The molecule has 0 saturated carbocycles. The Morgan fingerprint density at radius 1 is 1.14 bits per heavy atom. The maximum absolute atomic E-state index is 5.79. The minimum atomic E-state index is 0.857. The van der Waals surface area contributed by atoms with Crippen LogP contribution in [0.25, 0.3) is 0 Å². The predicted molar refractivity (Wildman–Crippen MR) is 89.5 cm³/mol. The van der Waals surface area contributed by atoms with Crippen molar-refractivity contribution < 1.29 is 4.74 Å². The largest absolute Gasteiger partial charge is 0.491 e. The average Bonchev–Trinajstić information content (AvgIpc) is 2.18. The van der Waals surface area contributed by atoms with Crippen LogP contribution in [0.3, 0.4) is 0 Å². The normalized spacial score (nSPS) is 10.5. The molecule has 0 radical (unpaired) electrons. The van der Waals surface area contributed by atoms with Gasteiger partial charge in [0, 0.05) is 13.8 Å². The van der Waals surface area contributed by atoms with Crippen molar-refractivity contribution in [3.8, 4) is 5.75 Å². The summed E-state index contributed by atoms with van der Waals surface area (Å²) in [5.74, 6) is 1.06. The summed E-state index contributed by atoms with van der Waals surface area (Å²) in [4.78, 5) is 0. The molecule has 0 heterocycles. The Morgan fingerprint density at radius 2 is 1.79 bits per heavy atom. The molecule has 0 fully saturated rings. The highest BCUT2D eigenvalue weighted by atomic mass is 127. The first kappa shape index (κ1) is 13.5. The van der Waals surface area contributed by atoms with E-state index in [4.69, 9.17) is 4.74 Å². The van der Waals surface area contributed by atoms with Crippen LogP contribution in [0.4, 0.5) is 0 Å². The van der Waals surface area contributed by atoms with Gasteiger partial charge in [0.25, 0.3) is 0 Å². The molecule has 0 aliphatic carbocycles. The lowest BCUT2D eigenvalue weighted by Gasteiger charge is -2.10. The molecule has 0 aliphatic heterocycles. The lowest BCUT2D eigenvalue weighted by Crippen LogP contribution is -2.01. The second-order valence-corrected chi connectivity index (χ2v) is 7.28. The first-order valence-corrected chi connectivity index (χ1v) is 9.08. The number of benzene rings is 1. The van der Waals surface area contributed by atoms with Crippen molar-refractivity contribution in [3.63, 3.8) is 0 Å². The predicted octanol–water partition coefficient (Wildman–Crippen LogP) is 3.05. The summed E-state index contributed by atoms with van der Waals surface area (Å²) in [5.41, 5.74) is 0. The van der Waals surface area contributed by atoms with Gasteiger partial charge in [-0.25, -0.2) is 0 Å². The summed E-state index contributed by atoms with van der Waals surface area (Å²) in [6, 6.07) is 5.56. The molecule has 0 aliphatic rings. The van der Waals surface area contributed by atoms with Gasteiger partial charge in [0.2, 0.25) is 0 Å². The SMILES string of the molecule is [SiH3]CCCOc1c(I)ccc(I)c1I. The minimum Gasteiger partial charge on any atom is -0.491 e. The van der Waals surface area contributed by atoms with Gasteiger partial charge in [-0.1, -0.05) is 6.04 Å². The van der Waals surface area contributed by atoms with Gasteiger partial charge < -0.3 is 4.74 Å². The Kier molecular flexibility index (Phi) is 6.64. The maximum atomic E-state index is 5.79. The van der Waals surface area contributed by atoms with Crippen LogP contribution in [0.5, 0.6) is 5.75 Å². The Hall–Kier alpha value is 1.43. The molecule has 0 amide bonds. The van der Waals surface area contributed by atoms with Crippen LogP contribution < -0.4 is 4.74 Å². The molecule has 0 N–H and O–H groups in total. The molecule has 0 spiro atoms. The number of ether oxygens (including phenoxy) is 1. The number of rotatable bonds is 4. The number of hydrogen-bond acceptors (Lipinski definition) is 1. The zero-order valence-corrected chi connectivity index (χ0v) is 16.3. The fourth-order valence-electron chi connectivity index (χ4n) is 0.959. The van der Waals surface area contributed by atoms with Gasteiger partial charge in [0.1, 0.15) is 5.75 Å². The van der Waals surface area contributed by atoms with E-state index in [2.05, 4.69) is 79.9 Å². The van der Waals surface area contributed by atoms with Crippen LogP contribution in [0, 0.1) is 10.7 Å². The van der Waals surface area contributed by atoms with Crippen molar-refractivity contribution in [2.24, 2.45) is 0 Å². The smallest absolute Gasteiger partial charge is 0.146 e. The highest BCUT2D eigenvalue weighted by molar-refractivity contribution is 14.1. The molecule has 0 atom stereocenters. The fraction of sp³-hybridized carbons (Fsp3) is 0.333. The van der Waals surface area contributed by atoms with Crippen molar-refractivity contribution in [1.82, 2.24) is 0 Å². The van der Waals surface area contributed by atoms with E-state index in [-0.39, 0.29) is 0 Å². The van der Waals surface area contributed by atoms with Gasteiger partial charge in [-0.15, -0.1) is 0 Å². The third-order valence-electron chi connectivity index (χ3n) is 1.75. The van der Waals surface area contributed by atoms with Crippen LogP contribution in [0.15, 0.2) is 12.1 Å². The highest BCUT2D eigenvalue weighted by Crippen LogP contribution is 2.31. The Labute approximate surface area is 129 Å². The van der Waals surface area contributed by atoms with E-state index < -0.39 is 0 Å². The lowest BCUT2D eigenvalue weighted by atomic mass is 10.3. The maximum Gasteiger partial charge on any atom is 0.146 e. The molecular weight excluding hydrogens is 533 g/mol. The van der Waals surface area contributed by atoms with Crippen LogP contribution in [0.1, 0.15) is 6.42 Å². The van der Waals surface area contributed by atoms with E-state index in [0.717, 1.165) is 12.4 Å². The van der Waals surface area contributed by atoms with E-state index in [1.54, 1.807) is 0 Å². The topological polar surface area (TPSA) is 9.23 Å².